The Morgan fingerprint density at radius 3 is 3.00 bits per heavy atom. The van der Waals surface area contributed by atoms with E-state index in [1.54, 1.807) is 0 Å². The molecule has 2 rings (SSSR count). The molecule has 3 nitrogen and oxygen atoms in total. The summed E-state index contributed by atoms with van der Waals surface area (Å²) in [6, 6.07) is 0.612. The van der Waals surface area contributed by atoms with Gasteiger partial charge in [-0.2, -0.15) is 0 Å². The van der Waals surface area contributed by atoms with Crippen molar-refractivity contribution in [1.29, 1.82) is 0 Å². The molecule has 1 aliphatic heterocycles. The van der Waals surface area contributed by atoms with Gasteiger partial charge in [0.15, 0.2) is 0 Å². The summed E-state index contributed by atoms with van der Waals surface area (Å²) < 4.78 is 0. The second kappa shape index (κ2) is 5.28. The zero-order chi connectivity index (χ0) is 11.5. The number of aliphatic hydroxyl groups excluding tert-OH is 1. The van der Waals surface area contributed by atoms with Crippen molar-refractivity contribution in [3.8, 4) is 0 Å². The maximum Gasteiger partial charge on any atom is 0.133 e. The molecule has 0 bridgehead atoms. The van der Waals surface area contributed by atoms with E-state index in [1.165, 1.54) is 0 Å². The largest absolute Gasteiger partial charge is 0.396 e. The summed E-state index contributed by atoms with van der Waals surface area (Å²) >= 11 is 0. The minimum atomic E-state index is 0.275. The third kappa shape index (κ3) is 2.46. The Labute approximate surface area is 97.8 Å². The Kier molecular flexibility index (Phi) is 3.98. The lowest BCUT2D eigenvalue weighted by atomic mass is 9.74. The second-order valence-electron chi connectivity index (χ2n) is 5.39. The van der Waals surface area contributed by atoms with E-state index in [0.717, 1.165) is 45.2 Å². The molecule has 92 valence electrons. The Balaban J connectivity index is 2.04. The van der Waals surface area contributed by atoms with Gasteiger partial charge >= 0.3 is 0 Å². The van der Waals surface area contributed by atoms with Crippen molar-refractivity contribution < 1.29 is 9.90 Å². The molecule has 0 aromatic rings. The van der Waals surface area contributed by atoms with E-state index in [9.17, 15) is 9.90 Å². The zero-order valence-electron chi connectivity index (χ0n) is 10.2. The van der Waals surface area contributed by atoms with Crippen LogP contribution in [-0.4, -0.2) is 41.5 Å². The van der Waals surface area contributed by atoms with Crippen molar-refractivity contribution in [2.24, 2.45) is 11.8 Å². The zero-order valence-corrected chi connectivity index (χ0v) is 10.2. The van der Waals surface area contributed by atoms with Crippen molar-refractivity contribution in [1.82, 2.24) is 4.90 Å². The Bertz CT molecular complexity index is 254. The molecule has 1 heterocycles. The lowest BCUT2D eigenvalue weighted by Crippen LogP contribution is -2.52. The molecular weight excluding hydrogens is 202 g/mol. The van der Waals surface area contributed by atoms with Crippen LogP contribution in [0.25, 0.3) is 0 Å². The van der Waals surface area contributed by atoms with Gasteiger partial charge in [-0.1, -0.05) is 6.92 Å². The van der Waals surface area contributed by atoms with Crippen LogP contribution in [0.15, 0.2) is 0 Å². The van der Waals surface area contributed by atoms with E-state index in [0.29, 0.717) is 23.7 Å². The van der Waals surface area contributed by atoms with Crippen LogP contribution in [-0.2, 0) is 4.79 Å². The highest BCUT2D eigenvalue weighted by atomic mass is 16.3. The smallest absolute Gasteiger partial charge is 0.133 e. The second-order valence-corrected chi connectivity index (χ2v) is 5.39. The number of likely N-dealkylation sites (tertiary alicyclic amines) is 1. The van der Waals surface area contributed by atoms with E-state index in [4.69, 9.17) is 0 Å². The summed E-state index contributed by atoms with van der Waals surface area (Å²) in [7, 11) is 0. The number of fused-ring (bicyclic) bond motifs is 1. The number of nitrogens with zero attached hydrogens (tertiary/aromatic N) is 1. The summed E-state index contributed by atoms with van der Waals surface area (Å²) in [6.07, 6.45) is 4.77. The molecule has 0 unspecified atom stereocenters. The average molecular weight is 225 g/mol. The first kappa shape index (κ1) is 12.1. The van der Waals surface area contributed by atoms with Crippen LogP contribution in [0.5, 0.6) is 0 Å². The van der Waals surface area contributed by atoms with Gasteiger partial charge in [-0.25, -0.2) is 0 Å². The lowest BCUT2D eigenvalue weighted by molar-refractivity contribution is -0.125. The van der Waals surface area contributed by atoms with Crippen LogP contribution in [0.2, 0.25) is 0 Å². The fourth-order valence-corrected chi connectivity index (χ4v) is 3.44. The normalized spacial score (nSPS) is 36.1. The quantitative estimate of drug-likeness (QED) is 0.790. The fourth-order valence-electron chi connectivity index (χ4n) is 3.44. The van der Waals surface area contributed by atoms with Gasteiger partial charge in [-0.3, -0.25) is 9.69 Å². The van der Waals surface area contributed by atoms with Crippen molar-refractivity contribution in [3.05, 3.63) is 0 Å². The molecule has 0 amide bonds. The number of hydrogen-bond donors (Lipinski definition) is 1. The molecule has 1 aliphatic carbocycles. The maximum atomic E-state index is 11.5. The summed E-state index contributed by atoms with van der Waals surface area (Å²) in [5.41, 5.74) is 0. The van der Waals surface area contributed by atoms with Crippen molar-refractivity contribution in [2.75, 3.05) is 19.7 Å². The predicted octanol–water partition coefficient (Wildman–Crippen LogP) is 1.45. The standard InChI is InChI=1S/C13H23NO2/c1-2-5-14-8-10(9-15)6-11-7-12(16)3-4-13(11)14/h10-11,13,15H,2-9H2,1H3/t10-,11-,13-/m0/s1. The first-order chi connectivity index (χ1) is 7.74. The lowest BCUT2D eigenvalue weighted by Gasteiger charge is -2.46. The number of hydrogen-bond acceptors (Lipinski definition) is 3. The monoisotopic (exact) mass is 225 g/mol. The summed E-state index contributed by atoms with van der Waals surface area (Å²) in [5.74, 6) is 1.33. The molecule has 0 radical (unpaired) electrons. The van der Waals surface area contributed by atoms with Gasteiger partial charge in [0.25, 0.3) is 0 Å². The van der Waals surface area contributed by atoms with Crippen molar-refractivity contribution >= 4 is 5.78 Å². The summed E-state index contributed by atoms with van der Waals surface area (Å²) in [4.78, 5) is 14.0. The van der Waals surface area contributed by atoms with E-state index in [1.807, 2.05) is 0 Å². The Hall–Kier alpha value is -0.410. The highest BCUT2D eigenvalue weighted by Gasteiger charge is 2.38. The van der Waals surface area contributed by atoms with E-state index in [-0.39, 0.29) is 6.61 Å². The van der Waals surface area contributed by atoms with Crippen LogP contribution >= 0.6 is 0 Å². The predicted molar refractivity (Wildman–Crippen MR) is 63.2 cm³/mol. The van der Waals surface area contributed by atoms with Gasteiger partial charge < -0.3 is 5.11 Å². The number of Topliss-reactive ketones (excluding diaryl/α,β-unsaturated/α-hetero) is 1. The van der Waals surface area contributed by atoms with Crippen molar-refractivity contribution in [3.63, 3.8) is 0 Å². The first-order valence-electron chi connectivity index (χ1n) is 6.61. The van der Waals surface area contributed by atoms with E-state index in [2.05, 4.69) is 11.8 Å². The summed E-state index contributed by atoms with van der Waals surface area (Å²) in [5, 5.41) is 9.32. The Morgan fingerprint density at radius 2 is 2.31 bits per heavy atom. The van der Waals surface area contributed by atoms with Gasteiger partial charge in [0, 0.05) is 32.0 Å². The SMILES string of the molecule is CCCN1C[C@@H](CO)C[C@H]2CC(=O)CC[C@@H]21. The molecule has 16 heavy (non-hydrogen) atoms. The van der Waals surface area contributed by atoms with Gasteiger partial charge in [0.2, 0.25) is 0 Å². The number of rotatable bonds is 3. The van der Waals surface area contributed by atoms with Gasteiger partial charge in [0.05, 0.1) is 0 Å². The van der Waals surface area contributed by atoms with E-state index < -0.39 is 0 Å². The molecule has 3 heteroatoms. The first-order valence-corrected chi connectivity index (χ1v) is 6.61. The van der Waals surface area contributed by atoms with Gasteiger partial charge in [0.1, 0.15) is 5.78 Å². The molecule has 3 atom stereocenters. The van der Waals surface area contributed by atoms with E-state index >= 15 is 0 Å². The van der Waals surface area contributed by atoms with Gasteiger partial charge in [-0.05, 0) is 37.6 Å². The van der Waals surface area contributed by atoms with Crippen LogP contribution in [0, 0.1) is 11.8 Å². The molecule has 0 spiro atoms. The third-order valence-electron chi connectivity index (χ3n) is 4.12. The third-order valence-corrected chi connectivity index (χ3v) is 4.12. The molecule has 0 aromatic carbocycles. The van der Waals surface area contributed by atoms with Crippen LogP contribution < -0.4 is 0 Å². The number of carbonyl (C=O) groups excluding carboxylic acids is 1. The fraction of sp³-hybridized carbons (Fsp3) is 0.923. The molecule has 1 saturated carbocycles. The number of aliphatic hydroxyl groups is 1. The highest BCUT2D eigenvalue weighted by Crippen LogP contribution is 2.36. The number of piperidine rings is 1. The minimum Gasteiger partial charge on any atom is -0.396 e. The number of carbonyl (C=O) groups is 1. The minimum absolute atomic E-state index is 0.275. The van der Waals surface area contributed by atoms with Crippen LogP contribution in [0.1, 0.15) is 39.0 Å². The Morgan fingerprint density at radius 1 is 1.50 bits per heavy atom. The molecule has 2 aliphatic rings. The van der Waals surface area contributed by atoms with Crippen LogP contribution in [0.3, 0.4) is 0 Å². The molecule has 1 saturated heterocycles. The molecular formula is C13H23NO2. The van der Waals surface area contributed by atoms with Crippen LogP contribution in [0.4, 0.5) is 0 Å². The average Bonchev–Trinajstić information content (AvgIpc) is 2.28. The highest BCUT2D eigenvalue weighted by molar-refractivity contribution is 5.79. The maximum absolute atomic E-state index is 11.5. The topological polar surface area (TPSA) is 40.5 Å². The summed E-state index contributed by atoms with van der Waals surface area (Å²) in [6.45, 7) is 4.62. The molecule has 1 N–H and O–H groups in total. The molecule has 0 aromatic heterocycles. The van der Waals surface area contributed by atoms with Gasteiger partial charge in [-0.15, -0.1) is 0 Å². The molecule has 2 fully saturated rings. The number of ketones is 1. The van der Waals surface area contributed by atoms with Crippen molar-refractivity contribution in [2.45, 2.75) is 45.1 Å².